The summed E-state index contributed by atoms with van der Waals surface area (Å²) >= 11 is 0. The molecule has 0 amide bonds. The Bertz CT molecular complexity index is 558. The summed E-state index contributed by atoms with van der Waals surface area (Å²) in [7, 11) is 1.13. The quantitative estimate of drug-likeness (QED) is 0.495. The van der Waals surface area contributed by atoms with Crippen LogP contribution in [0.15, 0.2) is 12.1 Å². The molecule has 7 heteroatoms. The first kappa shape index (κ1) is 15.2. The van der Waals surface area contributed by atoms with E-state index in [9.17, 15) is 19.3 Å². The number of nitro benzene ring substituents is 1. The van der Waals surface area contributed by atoms with E-state index in [4.69, 9.17) is 0 Å². The van der Waals surface area contributed by atoms with Crippen LogP contribution in [0.25, 0.3) is 0 Å². The van der Waals surface area contributed by atoms with E-state index >= 15 is 0 Å². The van der Waals surface area contributed by atoms with Crippen molar-refractivity contribution in [3.05, 3.63) is 33.6 Å². The molecular weight excluding hydrogens is 279 g/mol. The zero-order valence-corrected chi connectivity index (χ0v) is 11.7. The predicted octanol–water partition coefficient (Wildman–Crippen LogP) is 3.12. The highest BCUT2D eigenvalue weighted by atomic mass is 19.1. The van der Waals surface area contributed by atoms with Crippen molar-refractivity contribution in [2.24, 2.45) is 5.92 Å². The number of esters is 1. The van der Waals surface area contributed by atoms with Gasteiger partial charge in [0, 0.05) is 6.54 Å². The number of ether oxygens (including phenoxy) is 1. The number of carbonyl (C=O) groups is 1. The van der Waals surface area contributed by atoms with Crippen molar-refractivity contribution in [3.63, 3.8) is 0 Å². The number of nitro groups is 1. The summed E-state index contributed by atoms with van der Waals surface area (Å²) in [4.78, 5) is 21.7. The summed E-state index contributed by atoms with van der Waals surface area (Å²) < 4.78 is 18.2. The van der Waals surface area contributed by atoms with E-state index < -0.39 is 16.7 Å². The largest absolute Gasteiger partial charge is 0.465 e. The van der Waals surface area contributed by atoms with Gasteiger partial charge in [-0.15, -0.1) is 0 Å². The van der Waals surface area contributed by atoms with E-state index in [1.807, 2.05) is 0 Å². The van der Waals surface area contributed by atoms with Crippen molar-refractivity contribution in [2.75, 3.05) is 19.0 Å². The predicted molar refractivity (Wildman–Crippen MR) is 74.8 cm³/mol. The number of nitrogens with zero attached hydrogens (tertiary/aromatic N) is 1. The molecule has 6 nitrogen and oxygen atoms in total. The van der Waals surface area contributed by atoms with Gasteiger partial charge in [-0.1, -0.05) is 19.3 Å². The molecule has 2 rings (SSSR count). The molecule has 1 aliphatic rings. The second kappa shape index (κ2) is 6.51. The Balaban J connectivity index is 2.18. The van der Waals surface area contributed by atoms with Gasteiger partial charge in [0.05, 0.1) is 23.7 Å². The standard InChI is InChI=1S/C14H17FN2O4/c1-21-14(18)10-7-12(13(17(19)20)8-11(10)15)16-6-5-9-3-2-4-9/h7-9,16H,2-6H2,1H3. The molecule has 114 valence electrons. The van der Waals surface area contributed by atoms with Crippen LogP contribution in [0, 0.1) is 21.8 Å². The maximum atomic E-state index is 13.7. The smallest absolute Gasteiger partial charge is 0.340 e. The van der Waals surface area contributed by atoms with Crippen molar-refractivity contribution in [1.82, 2.24) is 0 Å². The molecular formula is C14H17FN2O4. The van der Waals surface area contributed by atoms with Gasteiger partial charge in [-0.2, -0.15) is 0 Å². The summed E-state index contributed by atoms with van der Waals surface area (Å²) in [6.45, 7) is 0.553. The average molecular weight is 296 g/mol. The van der Waals surface area contributed by atoms with Gasteiger partial charge >= 0.3 is 5.97 Å². The molecule has 1 N–H and O–H groups in total. The average Bonchev–Trinajstić information content (AvgIpc) is 2.41. The number of halogens is 1. The minimum Gasteiger partial charge on any atom is -0.465 e. The normalized spacial score (nSPS) is 14.4. The number of hydrogen-bond acceptors (Lipinski definition) is 5. The Labute approximate surface area is 121 Å². The Morgan fingerprint density at radius 2 is 2.24 bits per heavy atom. The zero-order valence-electron chi connectivity index (χ0n) is 11.7. The third-order valence-corrected chi connectivity index (χ3v) is 3.78. The molecule has 0 aromatic heterocycles. The second-order valence-electron chi connectivity index (χ2n) is 5.11. The van der Waals surface area contributed by atoms with Crippen LogP contribution in [0.2, 0.25) is 0 Å². The van der Waals surface area contributed by atoms with Gasteiger partial charge in [0.15, 0.2) is 0 Å². The molecule has 0 radical (unpaired) electrons. The monoisotopic (exact) mass is 296 g/mol. The summed E-state index contributed by atoms with van der Waals surface area (Å²) in [6.07, 6.45) is 4.50. The van der Waals surface area contributed by atoms with Crippen LogP contribution in [0.4, 0.5) is 15.8 Å². The number of anilines is 1. The maximum Gasteiger partial charge on any atom is 0.340 e. The van der Waals surface area contributed by atoms with Crippen LogP contribution >= 0.6 is 0 Å². The highest BCUT2D eigenvalue weighted by Crippen LogP contribution is 2.31. The van der Waals surface area contributed by atoms with Gasteiger partial charge in [0.2, 0.25) is 0 Å². The van der Waals surface area contributed by atoms with Gasteiger partial charge in [-0.3, -0.25) is 10.1 Å². The Morgan fingerprint density at radius 3 is 2.76 bits per heavy atom. The SMILES string of the molecule is COC(=O)c1cc(NCCC2CCC2)c([N+](=O)[O-])cc1F. The lowest BCUT2D eigenvalue weighted by Gasteiger charge is -2.25. The molecule has 0 saturated heterocycles. The van der Waals surface area contributed by atoms with E-state index in [0.29, 0.717) is 12.5 Å². The fraction of sp³-hybridized carbons (Fsp3) is 0.500. The van der Waals surface area contributed by atoms with Crippen LogP contribution in [-0.4, -0.2) is 24.5 Å². The molecule has 0 bridgehead atoms. The van der Waals surface area contributed by atoms with E-state index in [2.05, 4.69) is 10.1 Å². The Kier molecular flexibility index (Phi) is 4.72. The number of hydrogen-bond donors (Lipinski definition) is 1. The van der Waals surface area contributed by atoms with Crippen LogP contribution in [-0.2, 0) is 4.74 Å². The summed E-state index contributed by atoms with van der Waals surface area (Å²) in [5.41, 5.74) is -0.552. The lowest BCUT2D eigenvalue weighted by molar-refractivity contribution is -0.384. The highest BCUT2D eigenvalue weighted by Gasteiger charge is 2.23. The molecule has 0 unspecified atom stereocenters. The molecule has 1 fully saturated rings. The molecule has 0 spiro atoms. The van der Waals surface area contributed by atoms with Crippen LogP contribution in [0.1, 0.15) is 36.0 Å². The molecule has 1 aromatic rings. The summed E-state index contributed by atoms with van der Waals surface area (Å²) in [5.74, 6) is -1.17. The molecule has 0 heterocycles. The van der Waals surface area contributed by atoms with Crippen molar-refractivity contribution in [2.45, 2.75) is 25.7 Å². The van der Waals surface area contributed by atoms with E-state index in [-0.39, 0.29) is 16.9 Å². The van der Waals surface area contributed by atoms with Gasteiger partial charge in [-0.25, -0.2) is 9.18 Å². The van der Waals surface area contributed by atoms with Crippen molar-refractivity contribution in [1.29, 1.82) is 0 Å². The summed E-state index contributed by atoms with van der Waals surface area (Å²) in [6, 6.07) is 1.89. The topological polar surface area (TPSA) is 81.5 Å². The molecule has 0 atom stereocenters. The maximum absolute atomic E-state index is 13.7. The number of methoxy groups -OCH3 is 1. The first-order valence-corrected chi connectivity index (χ1v) is 6.83. The minimum absolute atomic E-state index is 0.140. The Hall–Kier alpha value is -2.18. The molecule has 1 aromatic carbocycles. The van der Waals surface area contributed by atoms with Crippen molar-refractivity contribution >= 4 is 17.3 Å². The first-order chi connectivity index (χ1) is 10.0. The van der Waals surface area contributed by atoms with Crippen LogP contribution in [0.3, 0.4) is 0 Å². The third kappa shape index (κ3) is 3.48. The number of rotatable bonds is 6. The second-order valence-corrected chi connectivity index (χ2v) is 5.11. The third-order valence-electron chi connectivity index (χ3n) is 3.78. The van der Waals surface area contributed by atoms with Crippen LogP contribution in [0.5, 0.6) is 0 Å². The van der Waals surface area contributed by atoms with E-state index in [1.54, 1.807) is 0 Å². The number of carbonyl (C=O) groups excluding carboxylic acids is 1. The van der Waals surface area contributed by atoms with E-state index in [0.717, 1.165) is 25.7 Å². The van der Waals surface area contributed by atoms with Crippen molar-refractivity contribution < 1.29 is 18.8 Å². The lowest BCUT2D eigenvalue weighted by atomic mass is 9.83. The molecule has 1 aliphatic carbocycles. The summed E-state index contributed by atoms with van der Waals surface area (Å²) in [5, 5.41) is 13.9. The van der Waals surface area contributed by atoms with Gasteiger partial charge in [0.25, 0.3) is 5.69 Å². The molecule has 0 aliphatic heterocycles. The lowest BCUT2D eigenvalue weighted by Crippen LogP contribution is -2.16. The van der Waals surface area contributed by atoms with Gasteiger partial charge in [-0.05, 0) is 18.4 Å². The van der Waals surface area contributed by atoms with Crippen LogP contribution < -0.4 is 5.32 Å². The molecule has 21 heavy (non-hydrogen) atoms. The van der Waals surface area contributed by atoms with Gasteiger partial charge in [0.1, 0.15) is 11.5 Å². The highest BCUT2D eigenvalue weighted by molar-refractivity contribution is 5.91. The minimum atomic E-state index is -0.960. The fourth-order valence-corrected chi connectivity index (χ4v) is 2.31. The number of benzene rings is 1. The Morgan fingerprint density at radius 1 is 1.52 bits per heavy atom. The van der Waals surface area contributed by atoms with Gasteiger partial charge < -0.3 is 10.1 Å². The zero-order chi connectivity index (χ0) is 15.4. The number of nitrogens with one attached hydrogen (secondary N) is 1. The van der Waals surface area contributed by atoms with E-state index in [1.165, 1.54) is 19.3 Å². The molecule has 1 saturated carbocycles. The fourth-order valence-electron chi connectivity index (χ4n) is 2.31. The first-order valence-electron chi connectivity index (χ1n) is 6.83. The van der Waals surface area contributed by atoms with Crippen molar-refractivity contribution in [3.8, 4) is 0 Å².